The van der Waals surface area contributed by atoms with Crippen molar-refractivity contribution in [3.8, 4) is 5.75 Å². The summed E-state index contributed by atoms with van der Waals surface area (Å²) in [6.45, 7) is 0. The summed E-state index contributed by atoms with van der Waals surface area (Å²) in [7, 11) is 1.71. The number of ether oxygens (including phenoxy) is 1. The van der Waals surface area contributed by atoms with Gasteiger partial charge in [0.2, 0.25) is 0 Å². The maximum atomic E-state index is 5.34. The van der Waals surface area contributed by atoms with E-state index < -0.39 is 0 Å². The first-order chi connectivity index (χ1) is 7.40. The number of nitrogens with zero attached hydrogens (tertiary/aromatic N) is 1. The minimum Gasteiger partial charge on any atom is -0.496 e. The van der Waals surface area contributed by atoms with Crippen molar-refractivity contribution in [2.45, 2.75) is 0 Å². The first-order valence-electron chi connectivity index (χ1n) is 4.93. The zero-order chi connectivity index (χ0) is 10.3. The van der Waals surface area contributed by atoms with E-state index in [2.05, 4.69) is 28.8 Å². The Morgan fingerprint density at radius 2 is 2.00 bits per heavy atom. The third kappa shape index (κ3) is 1.11. The molecule has 3 aromatic rings. The number of pyridine rings is 1. The van der Waals surface area contributed by atoms with Crippen LogP contribution in [0, 0.1) is 0 Å². The molecule has 0 N–H and O–H groups in total. The fourth-order valence-electron chi connectivity index (χ4n) is 2.01. The average molecular weight is 197 g/mol. The van der Waals surface area contributed by atoms with Crippen LogP contribution >= 0.6 is 0 Å². The Bertz CT molecular complexity index is 625. The summed E-state index contributed by atoms with van der Waals surface area (Å²) in [5, 5.41) is 1.16. The van der Waals surface area contributed by atoms with Crippen molar-refractivity contribution in [3.63, 3.8) is 0 Å². The summed E-state index contributed by atoms with van der Waals surface area (Å²) in [5.41, 5.74) is 2.38. The van der Waals surface area contributed by atoms with E-state index in [1.54, 1.807) is 7.11 Å². The quantitative estimate of drug-likeness (QED) is 0.584. The summed E-state index contributed by atoms with van der Waals surface area (Å²) >= 11 is 0. The van der Waals surface area contributed by atoms with Crippen LogP contribution in [0.25, 0.3) is 16.4 Å². The second-order valence-electron chi connectivity index (χ2n) is 3.53. The van der Waals surface area contributed by atoms with Crippen LogP contribution in [0.2, 0.25) is 0 Å². The molecule has 2 aromatic heterocycles. The summed E-state index contributed by atoms with van der Waals surface area (Å²) in [6, 6.07) is 14.4. The molecule has 2 heteroatoms. The van der Waals surface area contributed by atoms with Gasteiger partial charge in [-0.05, 0) is 30.3 Å². The number of hydrogen-bond acceptors (Lipinski definition) is 1. The van der Waals surface area contributed by atoms with Crippen LogP contribution in [-0.2, 0) is 0 Å². The third-order valence-electron chi connectivity index (χ3n) is 2.71. The predicted octanol–water partition coefficient (Wildman–Crippen LogP) is 3.10. The number of benzene rings is 1. The Morgan fingerprint density at radius 3 is 2.87 bits per heavy atom. The average Bonchev–Trinajstić information content (AvgIpc) is 2.67. The van der Waals surface area contributed by atoms with Gasteiger partial charge in [-0.3, -0.25) is 0 Å². The molecule has 15 heavy (non-hydrogen) atoms. The molecule has 2 nitrogen and oxygen atoms in total. The lowest BCUT2D eigenvalue weighted by Gasteiger charge is -2.00. The standard InChI is InChI=1S/C13H11NO/c1-15-13-7-4-6-12-11(13)9-10-5-2-3-8-14(10)12/h2-9H,1H3. The molecule has 0 atom stereocenters. The van der Waals surface area contributed by atoms with Crippen LogP contribution in [-0.4, -0.2) is 11.5 Å². The molecule has 74 valence electrons. The Hall–Kier alpha value is -1.96. The number of methoxy groups -OCH3 is 1. The molecule has 0 fully saturated rings. The zero-order valence-electron chi connectivity index (χ0n) is 8.47. The van der Waals surface area contributed by atoms with Crippen LogP contribution in [0.15, 0.2) is 48.7 Å². The first kappa shape index (κ1) is 8.36. The van der Waals surface area contributed by atoms with Gasteiger partial charge in [0.05, 0.1) is 12.6 Å². The normalized spacial score (nSPS) is 11.0. The van der Waals surface area contributed by atoms with Gasteiger partial charge in [0.1, 0.15) is 5.75 Å². The van der Waals surface area contributed by atoms with E-state index in [9.17, 15) is 0 Å². The number of hydrogen-bond donors (Lipinski definition) is 0. The highest BCUT2D eigenvalue weighted by atomic mass is 16.5. The van der Waals surface area contributed by atoms with Crippen molar-refractivity contribution < 1.29 is 4.74 Å². The van der Waals surface area contributed by atoms with Gasteiger partial charge in [-0.15, -0.1) is 0 Å². The smallest absolute Gasteiger partial charge is 0.128 e. The van der Waals surface area contributed by atoms with E-state index in [0.717, 1.165) is 11.1 Å². The molecule has 0 spiro atoms. The fourth-order valence-corrected chi connectivity index (χ4v) is 2.01. The second-order valence-corrected chi connectivity index (χ2v) is 3.53. The van der Waals surface area contributed by atoms with Crippen molar-refractivity contribution >= 4 is 16.4 Å². The van der Waals surface area contributed by atoms with Gasteiger partial charge in [-0.25, -0.2) is 0 Å². The monoisotopic (exact) mass is 197 g/mol. The second kappa shape index (κ2) is 3.02. The van der Waals surface area contributed by atoms with Crippen molar-refractivity contribution in [1.82, 2.24) is 4.40 Å². The van der Waals surface area contributed by atoms with Gasteiger partial charge >= 0.3 is 0 Å². The molecule has 0 unspecified atom stereocenters. The maximum absolute atomic E-state index is 5.34. The van der Waals surface area contributed by atoms with Crippen LogP contribution in [0.4, 0.5) is 0 Å². The van der Waals surface area contributed by atoms with Gasteiger partial charge < -0.3 is 9.14 Å². The zero-order valence-corrected chi connectivity index (χ0v) is 8.47. The molecule has 0 saturated heterocycles. The third-order valence-corrected chi connectivity index (χ3v) is 2.71. The fraction of sp³-hybridized carbons (Fsp3) is 0.0769. The molecule has 0 aliphatic rings. The topological polar surface area (TPSA) is 13.6 Å². The minimum atomic E-state index is 0.927. The molecule has 0 radical (unpaired) electrons. The van der Waals surface area contributed by atoms with Crippen molar-refractivity contribution in [3.05, 3.63) is 48.7 Å². The largest absolute Gasteiger partial charge is 0.496 e. The van der Waals surface area contributed by atoms with Gasteiger partial charge in [0, 0.05) is 17.1 Å². The minimum absolute atomic E-state index is 0.927. The van der Waals surface area contributed by atoms with E-state index in [1.807, 2.05) is 24.3 Å². The van der Waals surface area contributed by atoms with Gasteiger partial charge in [0.25, 0.3) is 0 Å². The molecule has 0 saturated carbocycles. The molecule has 2 heterocycles. The Balaban J connectivity index is 2.53. The molecule has 3 rings (SSSR count). The SMILES string of the molecule is COc1cccc2c1cc1ccccn12. The van der Waals surface area contributed by atoms with Crippen LogP contribution in [0.1, 0.15) is 0 Å². The lowest BCUT2D eigenvalue weighted by atomic mass is 10.2. The highest BCUT2D eigenvalue weighted by Crippen LogP contribution is 2.28. The lowest BCUT2D eigenvalue weighted by Crippen LogP contribution is -1.84. The summed E-state index contributed by atoms with van der Waals surface area (Å²) in [4.78, 5) is 0. The van der Waals surface area contributed by atoms with E-state index >= 15 is 0 Å². The molecular weight excluding hydrogens is 186 g/mol. The Labute approximate surface area is 87.7 Å². The van der Waals surface area contributed by atoms with Gasteiger partial charge in [-0.1, -0.05) is 12.1 Å². The highest BCUT2D eigenvalue weighted by Gasteiger charge is 2.05. The Morgan fingerprint density at radius 1 is 1.07 bits per heavy atom. The molecule has 0 aliphatic heterocycles. The molecule has 1 aromatic carbocycles. The van der Waals surface area contributed by atoms with Crippen molar-refractivity contribution in [1.29, 1.82) is 0 Å². The van der Waals surface area contributed by atoms with E-state index in [-0.39, 0.29) is 0 Å². The van der Waals surface area contributed by atoms with Gasteiger partial charge in [-0.2, -0.15) is 0 Å². The van der Waals surface area contributed by atoms with Crippen LogP contribution in [0.5, 0.6) is 5.75 Å². The number of aromatic nitrogens is 1. The molecule has 0 bridgehead atoms. The summed E-state index contributed by atoms with van der Waals surface area (Å²) in [6.07, 6.45) is 2.07. The van der Waals surface area contributed by atoms with Crippen molar-refractivity contribution in [2.24, 2.45) is 0 Å². The predicted molar refractivity (Wildman–Crippen MR) is 61.5 cm³/mol. The lowest BCUT2D eigenvalue weighted by molar-refractivity contribution is 0.420. The maximum Gasteiger partial charge on any atom is 0.128 e. The molecule has 0 amide bonds. The summed E-state index contributed by atoms with van der Waals surface area (Å²) in [5.74, 6) is 0.927. The Kier molecular flexibility index (Phi) is 1.68. The van der Waals surface area contributed by atoms with E-state index in [1.165, 1.54) is 11.0 Å². The molecule has 0 aliphatic carbocycles. The molecular formula is C13H11NO. The van der Waals surface area contributed by atoms with Crippen LogP contribution in [0.3, 0.4) is 0 Å². The van der Waals surface area contributed by atoms with Crippen LogP contribution < -0.4 is 4.74 Å². The highest BCUT2D eigenvalue weighted by molar-refractivity contribution is 5.92. The summed E-state index contributed by atoms with van der Waals surface area (Å²) < 4.78 is 7.51. The van der Waals surface area contributed by atoms with E-state index in [0.29, 0.717) is 0 Å². The van der Waals surface area contributed by atoms with Gasteiger partial charge in [0.15, 0.2) is 0 Å². The first-order valence-corrected chi connectivity index (χ1v) is 4.93. The van der Waals surface area contributed by atoms with Crippen molar-refractivity contribution in [2.75, 3.05) is 7.11 Å². The number of rotatable bonds is 1. The number of fused-ring (bicyclic) bond motifs is 3. The van der Waals surface area contributed by atoms with E-state index in [4.69, 9.17) is 4.74 Å².